The Morgan fingerprint density at radius 2 is 1.43 bits per heavy atom. The SMILES string of the molecule is C=CCC(/C=C\C)=C(\C)c1ccc(-c2cc3c4c(c2)c2cc(-c5ccccc5)cc5c2n4C/C(=C\C=C/CC3(C)C)C5(C)C)cc1. The normalized spacial score (nSPS) is 19.0. The summed E-state index contributed by atoms with van der Waals surface area (Å²) in [6.45, 7) is 18.8. The van der Waals surface area contributed by atoms with E-state index in [4.69, 9.17) is 0 Å². The quantitative estimate of drug-likeness (QED) is 0.135. The molecule has 4 aromatic carbocycles. The van der Waals surface area contributed by atoms with Crippen molar-refractivity contribution >= 4 is 27.4 Å². The van der Waals surface area contributed by atoms with Crippen LogP contribution in [0, 0.1) is 0 Å². The maximum Gasteiger partial charge on any atom is 0.0536 e. The van der Waals surface area contributed by atoms with E-state index >= 15 is 0 Å². The van der Waals surface area contributed by atoms with Crippen LogP contribution >= 0.6 is 0 Å². The molecule has 0 fully saturated rings. The van der Waals surface area contributed by atoms with Crippen molar-refractivity contribution in [2.75, 3.05) is 0 Å². The Hall–Kier alpha value is -4.62. The number of aromatic nitrogens is 1. The molecule has 2 bridgehead atoms. The molecular weight excluding hydrogens is 555 g/mol. The highest BCUT2D eigenvalue weighted by molar-refractivity contribution is 6.13. The van der Waals surface area contributed by atoms with E-state index in [0.717, 1.165) is 19.4 Å². The molecule has 0 aliphatic carbocycles. The predicted octanol–water partition coefficient (Wildman–Crippen LogP) is 12.5. The molecule has 230 valence electrons. The molecule has 0 spiro atoms. The van der Waals surface area contributed by atoms with Crippen LogP contribution in [0.25, 0.3) is 49.6 Å². The summed E-state index contributed by atoms with van der Waals surface area (Å²) < 4.78 is 2.64. The van der Waals surface area contributed by atoms with E-state index in [-0.39, 0.29) is 10.8 Å². The van der Waals surface area contributed by atoms with Gasteiger partial charge in [-0.1, -0.05) is 119 Å². The maximum atomic E-state index is 3.98. The fraction of sp³-hybridized carbons (Fsp3) is 0.244. The lowest BCUT2D eigenvalue weighted by Gasteiger charge is -2.36. The summed E-state index contributed by atoms with van der Waals surface area (Å²) in [6, 6.07) is 30.0. The Labute approximate surface area is 275 Å². The van der Waals surface area contributed by atoms with Gasteiger partial charge >= 0.3 is 0 Å². The second kappa shape index (κ2) is 11.3. The molecule has 0 atom stereocenters. The predicted molar refractivity (Wildman–Crippen MR) is 200 cm³/mol. The van der Waals surface area contributed by atoms with Gasteiger partial charge in [-0.05, 0) is 112 Å². The molecule has 0 saturated carbocycles. The van der Waals surface area contributed by atoms with Gasteiger partial charge in [0.1, 0.15) is 0 Å². The second-order valence-electron chi connectivity index (χ2n) is 14.3. The number of rotatable bonds is 6. The van der Waals surface area contributed by atoms with Crippen LogP contribution in [0.5, 0.6) is 0 Å². The first-order valence-corrected chi connectivity index (χ1v) is 16.7. The summed E-state index contributed by atoms with van der Waals surface area (Å²) in [5, 5.41) is 2.72. The van der Waals surface area contributed by atoms with E-state index in [1.54, 1.807) is 0 Å². The first-order chi connectivity index (χ1) is 22.1. The summed E-state index contributed by atoms with van der Waals surface area (Å²) in [6.07, 6.45) is 15.2. The van der Waals surface area contributed by atoms with Crippen LogP contribution in [0.15, 0.2) is 133 Å². The fourth-order valence-corrected chi connectivity index (χ4v) is 7.75. The van der Waals surface area contributed by atoms with Crippen molar-refractivity contribution < 1.29 is 0 Å². The minimum Gasteiger partial charge on any atom is -0.336 e. The third-order valence-electron chi connectivity index (χ3n) is 10.6. The third kappa shape index (κ3) is 4.85. The molecule has 0 saturated heterocycles. The Morgan fingerprint density at radius 1 is 0.804 bits per heavy atom. The van der Waals surface area contributed by atoms with Crippen LogP contribution in [-0.2, 0) is 17.4 Å². The van der Waals surface area contributed by atoms with Crippen LogP contribution in [-0.4, -0.2) is 4.57 Å². The van der Waals surface area contributed by atoms with Gasteiger partial charge in [0.05, 0.1) is 11.0 Å². The average molecular weight is 600 g/mol. The van der Waals surface area contributed by atoms with Crippen LogP contribution in [0.3, 0.4) is 0 Å². The zero-order chi connectivity index (χ0) is 32.2. The molecule has 0 amide bonds. The summed E-state index contributed by atoms with van der Waals surface area (Å²) in [4.78, 5) is 0. The van der Waals surface area contributed by atoms with Crippen molar-refractivity contribution in [1.29, 1.82) is 0 Å². The van der Waals surface area contributed by atoms with Gasteiger partial charge in [-0.2, -0.15) is 0 Å². The molecule has 0 N–H and O–H groups in total. The van der Waals surface area contributed by atoms with Gasteiger partial charge in [-0.3, -0.25) is 0 Å². The molecule has 1 heteroatoms. The van der Waals surface area contributed by atoms with E-state index in [1.165, 1.54) is 77.5 Å². The monoisotopic (exact) mass is 599 g/mol. The molecule has 3 heterocycles. The van der Waals surface area contributed by atoms with Crippen molar-refractivity contribution in [3.63, 3.8) is 0 Å². The first kappa shape index (κ1) is 30.1. The minimum absolute atomic E-state index is 0.0370. The van der Waals surface area contributed by atoms with Crippen molar-refractivity contribution in [3.05, 3.63) is 150 Å². The Kier molecular flexibility index (Phi) is 7.40. The Morgan fingerprint density at radius 3 is 2.09 bits per heavy atom. The topological polar surface area (TPSA) is 4.93 Å². The number of nitrogens with zero attached hydrogens (tertiary/aromatic N) is 1. The summed E-state index contributed by atoms with van der Waals surface area (Å²) in [5.41, 5.74) is 15.9. The van der Waals surface area contributed by atoms with Gasteiger partial charge in [0.15, 0.2) is 0 Å². The van der Waals surface area contributed by atoms with Crippen LogP contribution in [0.4, 0.5) is 0 Å². The fourth-order valence-electron chi connectivity index (χ4n) is 7.75. The molecule has 7 rings (SSSR count). The average Bonchev–Trinajstić information content (AvgIpc) is 3.37. The number of fused-ring (bicyclic) bond motifs is 2. The van der Waals surface area contributed by atoms with E-state index in [0.29, 0.717) is 0 Å². The molecule has 1 nitrogen and oxygen atoms in total. The zero-order valence-corrected chi connectivity index (χ0v) is 28.2. The molecule has 0 radical (unpaired) electrons. The summed E-state index contributed by atoms with van der Waals surface area (Å²) in [7, 11) is 0. The van der Waals surface area contributed by atoms with Gasteiger partial charge in [-0.25, -0.2) is 0 Å². The molecule has 46 heavy (non-hydrogen) atoms. The van der Waals surface area contributed by atoms with Gasteiger partial charge in [0.25, 0.3) is 0 Å². The van der Waals surface area contributed by atoms with Gasteiger partial charge < -0.3 is 4.57 Å². The lowest BCUT2D eigenvalue weighted by Crippen LogP contribution is -2.29. The highest BCUT2D eigenvalue weighted by Gasteiger charge is 2.37. The van der Waals surface area contributed by atoms with Gasteiger partial charge in [-0.15, -0.1) is 6.58 Å². The van der Waals surface area contributed by atoms with Gasteiger partial charge in [0.2, 0.25) is 0 Å². The number of hydrogen-bond donors (Lipinski definition) is 0. The first-order valence-electron chi connectivity index (χ1n) is 16.7. The van der Waals surface area contributed by atoms with Crippen LogP contribution in [0.1, 0.15) is 71.1 Å². The Balaban J connectivity index is 1.52. The summed E-state index contributed by atoms with van der Waals surface area (Å²) >= 11 is 0. The largest absolute Gasteiger partial charge is 0.336 e. The molecule has 5 aromatic rings. The summed E-state index contributed by atoms with van der Waals surface area (Å²) in [5.74, 6) is 0. The van der Waals surface area contributed by atoms with Crippen molar-refractivity contribution in [2.24, 2.45) is 0 Å². The number of benzene rings is 4. The van der Waals surface area contributed by atoms with Crippen LogP contribution < -0.4 is 0 Å². The highest BCUT2D eigenvalue weighted by Crippen LogP contribution is 2.50. The lowest BCUT2D eigenvalue weighted by molar-refractivity contribution is 0.527. The van der Waals surface area contributed by atoms with Crippen LogP contribution in [0.2, 0.25) is 0 Å². The molecular formula is C45H45N. The highest BCUT2D eigenvalue weighted by atomic mass is 15.0. The molecule has 2 aliphatic rings. The van der Waals surface area contributed by atoms with E-state index in [2.05, 4.69) is 162 Å². The number of allylic oxidation sites excluding steroid dienone is 9. The Bertz CT molecular complexity index is 2120. The number of hydrogen-bond acceptors (Lipinski definition) is 0. The van der Waals surface area contributed by atoms with Gasteiger partial charge in [0, 0.05) is 22.7 Å². The third-order valence-corrected chi connectivity index (χ3v) is 10.6. The minimum atomic E-state index is -0.0753. The lowest BCUT2D eigenvalue weighted by atomic mass is 9.73. The molecule has 0 unspecified atom stereocenters. The maximum absolute atomic E-state index is 3.98. The van der Waals surface area contributed by atoms with E-state index in [1.807, 2.05) is 6.08 Å². The van der Waals surface area contributed by atoms with Crippen molar-refractivity contribution in [3.8, 4) is 22.3 Å². The van der Waals surface area contributed by atoms with E-state index in [9.17, 15) is 0 Å². The van der Waals surface area contributed by atoms with Crippen molar-refractivity contribution in [2.45, 2.75) is 71.8 Å². The van der Waals surface area contributed by atoms with Crippen molar-refractivity contribution in [1.82, 2.24) is 4.57 Å². The zero-order valence-electron chi connectivity index (χ0n) is 28.2. The smallest absolute Gasteiger partial charge is 0.0536 e. The standard InChI is InChI=1S/C45H45N/c1-8-15-31(16-9-2)30(3)32-20-22-34(23-21-32)35-25-38-39-26-36(33-17-11-10-12-18-33)28-41-43(39)46-29-37(45(41,6)7)19-13-14-24-44(4,5)40(27-35)42(38)46/h8-14,16-23,25-28H,1,15,24,29H2,2-7H3/b14-13-,16-9-,31-30-,37-19+. The molecule has 2 aliphatic heterocycles. The molecule has 1 aromatic heterocycles. The second-order valence-corrected chi connectivity index (χ2v) is 14.3. The van der Waals surface area contributed by atoms with E-state index < -0.39 is 0 Å².